The number of rotatable bonds is 11. The number of carbonyl (C=O) groups is 2. The fraction of sp³-hybridized carbons (Fsp3) is 0.205. The summed E-state index contributed by atoms with van der Waals surface area (Å²) in [5.74, 6) is -0.546. The number of esters is 1. The van der Waals surface area contributed by atoms with Gasteiger partial charge < -0.3 is 19.4 Å². The van der Waals surface area contributed by atoms with Crippen LogP contribution in [-0.2, 0) is 26.4 Å². The molecule has 0 bridgehead atoms. The molecule has 5 aromatic rings. The van der Waals surface area contributed by atoms with Gasteiger partial charge in [0.15, 0.2) is 0 Å². The van der Waals surface area contributed by atoms with Crippen LogP contribution in [0.15, 0.2) is 140 Å². The maximum atomic E-state index is 13.1. The van der Waals surface area contributed by atoms with Gasteiger partial charge in [-0.2, -0.15) is 0 Å². The molecule has 1 atom stereocenters. The smallest absolute Gasteiger partial charge is 0.408 e. The molecule has 0 radical (unpaired) electrons. The van der Waals surface area contributed by atoms with Gasteiger partial charge in [0.2, 0.25) is 0 Å². The molecule has 1 aromatic heterocycles. The van der Waals surface area contributed by atoms with Gasteiger partial charge in [0.25, 0.3) is 0 Å². The molecule has 0 aliphatic carbocycles. The highest BCUT2D eigenvalue weighted by atomic mass is 16.6. The van der Waals surface area contributed by atoms with Crippen molar-refractivity contribution in [2.45, 2.75) is 51.0 Å². The molecule has 4 aromatic carbocycles. The molecule has 1 heterocycles. The molecule has 0 spiro atoms. The lowest BCUT2D eigenvalue weighted by Gasteiger charge is -2.37. The van der Waals surface area contributed by atoms with Crippen LogP contribution in [0.4, 0.5) is 4.79 Å². The largest absolute Gasteiger partial charge is 0.458 e. The summed E-state index contributed by atoms with van der Waals surface area (Å²) in [6.07, 6.45) is 6.97. The lowest BCUT2D eigenvalue weighted by atomic mass is 9.77. The van der Waals surface area contributed by atoms with Crippen LogP contribution in [0, 0.1) is 0 Å². The van der Waals surface area contributed by atoms with Gasteiger partial charge in [-0.05, 0) is 55.5 Å². The zero-order valence-electron chi connectivity index (χ0n) is 26.4. The minimum Gasteiger partial charge on any atom is -0.458 e. The van der Waals surface area contributed by atoms with Crippen LogP contribution in [0.3, 0.4) is 0 Å². The Balaban J connectivity index is 1.41. The van der Waals surface area contributed by atoms with Gasteiger partial charge in [0.05, 0.1) is 12.0 Å². The Hall–Kier alpha value is -5.43. The fourth-order valence-electron chi connectivity index (χ4n) is 5.41. The van der Waals surface area contributed by atoms with E-state index in [4.69, 9.17) is 14.5 Å². The molecule has 234 valence electrons. The van der Waals surface area contributed by atoms with Crippen LogP contribution in [0.5, 0.6) is 0 Å². The molecule has 1 N–H and O–H groups in total. The standard InChI is InChI=1S/C39H39N3O4/c1-38(2,3)46-36(43)35(41-37(44)45-28-30-17-8-4-9-18-30)26-16-25-34-27-42(29-40-34)39(31-19-10-5-11-20-31,32-21-12-6-13-22-32)33-23-14-7-15-24-33/h4-25,27,29,35H,26,28H2,1-3H3,(H,41,44)/b25-16+/t35-/m0/s1. The number of hydrogen-bond acceptors (Lipinski definition) is 5. The molecule has 5 rings (SSSR count). The number of carbonyl (C=O) groups excluding carboxylic acids is 2. The van der Waals surface area contributed by atoms with Crippen LogP contribution < -0.4 is 5.32 Å². The molecule has 0 unspecified atom stereocenters. The molecule has 0 saturated carbocycles. The minimum absolute atomic E-state index is 0.0903. The summed E-state index contributed by atoms with van der Waals surface area (Å²) in [5, 5.41) is 2.68. The van der Waals surface area contributed by atoms with Crippen LogP contribution in [0.25, 0.3) is 6.08 Å². The summed E-state index contributed by atoms with van der Waals surface area (Å²) in [7, 11) is 0. The molecule has 0 saturated heterocycles. The highest BCUT2D eigenvalue weighted by Gasteiger charge is 2.38. The van der Waals surface area contributed by atoms with Crippen LogP contribution >= 0.6 is 0 Å². The van der Waals surface area contributed by atoms with Gasteiger partial charge in [-0.3, -0.25) is 0 Å². The van der Waals surface area contributed by atoms with E-state index < -0.39 is 29.2 Å². The van der Waals surface area contributed by atoms with Gasteiger partial charge in [-0.15, -0.1) is 0 Å². The molecule has 46 heavy (non-hydrogen) atoms. The van der Waals surface area contributed by atoms with Crippen LogP contribution in [0.1, 0.15) is 55.1 Å². The van der Waals surface area contributed by atoms with Crippen molar-refractivity contribution in [2.75, 3.05) is 0 Å². The molecule has 7 heteroatoms. The highest BCUT2D eigenvalue weighted by Crippen LogP contribution is 2.40. The van der Waals surface area contributed by atoms with Crippen molar-refractivity contribution in [1.29, 1.82) is 0 Å². The molecule has 7 nitrogen and oxygen atoms in total. The van der Waals surface area contributed by atoms with E-state index in [1.54, 1.807) is 20.8 Å². The van der Waals surface area contributed by atoms with Gasteiger partial charge in [0.1, 0.15) is 23.8 Å². The van der Waals surface area contributed by atoms with Gasteiger partial charge in [0, 0.05) is 6.20 Å². The molecular weight excluding hydrogens is 574 g/mol. The number of ether oxygens (including phenoxy) is 2. The number of benzene rings is 4. The number of imidazole rings is 1. The van der Waals surface area contributed by atoms with E-state index >= 15 is 0 Å². The van der Waals surface area contributed by atoms with E-state index in [1.807, 2.05) is 110 Å². The van der Waals surface area contributed by atoms with Gasteiger partial charge in [-0.25, -0.2) is 14.6 Å². The number of hydrogen-bond donors (Lipinski definition) is 1. The summed E-state index contributed by atoms with van der Waals surface area (Å²) >= 11 is 0. The van der Waals surface area contributed by atoms with E-state index in [0.29, 0.717) is 5.69 Å². The summed E-state index contributed by atoms with van der Waals surface area (Å²) in [5.41, 5.74) is 3.40. The lowest BCUT2D eigenvalue weighted by molar-refractivity contribution is -0.157. The Bertz CT molecular complexity index is 1630. The SMILES string of the molecule is CC(C)(C)OC(=O)[C@H](C/C=C/c1cn(C(c2ccccc2)(c2ccccc2)c2ccccc2)cn1)NC(=O)OCc1ccccc1. The predicted molar refractivity (Wildman–Crippen MR) is 180 cm³/mol. The first-order valence-electron chi connectivity index (χ1n) is 15.3. The van der Waals surface area contributed by atoms with E-state index in [-0.39, 0.29) is 13.0 Å². The van der Waals surface area contributed by atoms with E-state index in [0.717, 1.165) is 22.3 Å². The Labute approximate surface area is 270 Å². The van der Waals surface area contributed by atoms with Crippen molar-refractivity contribution in [3.8, 4) is 0 Å². The second kappa shape index (κ2) is 14.6. The maximum Gasteiger partial charge on any atom is 0.408 e. The van der Waals surface area contributed by atoms with Crippen molar-refractivity contribution in [3.63, 3.8) is 0 Å². The predicted octanol–water partition coefficient (Wildman–Crippen LogP) is 7.76. The zero-order valence-corrected chi connectivity index (χ0v) is 26.4. The van der Waals surface area contributed by atoms with Crippen molar-refractivity contribution in [1.82, 2.24) is 14.9 Å². The monoisotopic (exact) mass is 613 g/mol. The van der Waals surface area contributed by atoms with Crippen molar-refractivity contribution in [2.24, 2.45) is 0 Å². The molecule has 0 fully saturated rings. The molecular formula is C39H39N3O4. The Morgan fingerprint density at radius 3 is 1.78 bits per heavy atom. The number of nitrogens with zero attached hydrogens (tertiary/aromatic N) is 2. The Morgan fingerprint density at radius 2 is 1.28 bits per heavy atom. The fourth-order valence-corrected chi connectivity index (χ4v) is 5.41. The van der Waals surface area contributed by atoms with E-state index in [2.05, 4.69) is 46.3 Å². The minimum atomic E-state index is -0.946. The van der Waals surface area contributed by atoms with E-state index in [1.165, 1.54) is 0 Å². The second-order valence-corrected chi connectivity index (χ2v) is 11.9. The number of nitrogens with one attached hydrogen (secondary N) is 1. The van der Waals surface area contributed by atoms with Crippen LogP contribution in [-0.4, -0.2) is 33.3 Å². The van der Waals surface area contributed by atoms with Crippen LogP contribution in [0.2, 0.25) is 0 Å². The molecule has 0 aliphatic rings. The third kappa shape index (κ3) is 7.80. The Morgan fingerprint density at radius 1 is 0.783 bits per heavy atom. The topological polar surface area (TPSA) is 82.5 Å². The summed E-state index contributed by atoms with van der Waals surface area (Å²) < 4.78 is 13.1. The first kappa shape index (κ1) is 32.0. The zero-order chi connectivity index (χ0) is 32.4. The number of alkyl carbamates (subject to hydrolysis) is 1. The van der Waals surface area contributed by atoms with Crippen molar-refractivity contribution < 1.29 is 19.1 Å². The summed E-state index contributed by atoms with van der Waals surface area (Å²) in [4.78, 5) is 30.5. The molecule has 1 amide bonds. The third-order valence-corrected chi connectivity index (χ3v) is 7.42. The summed E-state index contributed by atoms with van der Waals surface area (Å²) in [6, 6.07) is 39.5. The first-order chi connectivity index (χ1) is 22.3. The average molecular weight is 614 g/mol. The average Bonchev–Trinajstić information content (AvgIpc) is 3.54. The maximum absolute atomic E-state index is 13.1. The van der Waals surface area contributed by atoms with Gasteiger partial charge in [-0.1, -0.05) is 127 Å². The molecule has 0 aliphatic heterocycles. The normalized spacial score (nSPS) is 12.4. The number of amides is 1. The Kier molecular flexibility index (Phi) is 10.1. The van der Waals surface area contributed by atoms with Crippen molar-refractivity contribution in [3.05, 3.63) is 168 Å². The third-order valence-electron chi connectivity index (χ3n) is 7.42. The lowest BCUT2D eigenvalue weighted by Crippen LogP contribution is -2.44. The summed E-state index contributed by atoms with van der Waals surface area (Å²) in [6.45, 7) is 5.46. The van der Waals surface area contributed by atoms with Gasteiger partial charge >= 0.3 is 12.1 Å². The van der Waals surface area contributed by atoms with E-state index in [9.17, 15) is 9.59 Å². The quantitative estimate of drug-likeness (QED) is 0.122. The van der Waals surface area contributed by atoms with Crippen molar-refractivity contribution >= 4 is 18.1 Å². The second-order valence-electron chi connectivity index (χ2n) is 11.9. The first-order valence-corrected chi connectivity index (χ1v) is 15.3. The number of aromatic nitrogens is 2. The highest BCUT2D eigenvalue weighted by molar-refractivity contribution is 5.82.